The lowest BCUT2D eigenvalue weighted by atomic mass is 9.98. The molecule has 1 aliphatic rings. The Hall–Kier alpha value is -1.41. The van der Waals surface area contributed by atoms with Crippen molar-refractivity contribution in [2.24, 2.45) is 17.1 Å². The van der Waals surface area contributed by atoms with Gasteiger partial charge in [-0.2, -0.15) is 0 Å². The highest BCUT2D eigenvalue weighted by Gasteiger charge is 2.57. The van der Waals surface area contributed by atoms with Crippen molar-refractivity contribution in [2.75, 3.05) is 6.54 Å². The maximum atomic E-state index is 5.87. The third-order valence-corrected chi connectivity index (χ3v) is 4.35. The molecule has 1 aromatic heterocycles. The SMILES string of the molecule is CC1(C)[C@@H](CN)[C@@H]1c1cccc2cnccc12. The van der Waals surface area contributed by atoms with Crippen molar-refractivity contribution >= 4 is 10.8 Å². The Labute approximate surface area is 102 Å². The molecule has 2 N–H and O–H groups in total. The van der Waals surface area contributed by atoms with E-state index in [0.29, 0.717) is 17.3 Å². The van der Waals surface area contributed by atoms with E-state index in [1.54, 1.807) is 0 Å². The Morgan fingerprint density at radius 3 is 2.82 bits per heavy atom. The van der Waals surface area contributed by atoms with Gasteiger partial charge in [-0.3, -0.25) is 4.98 Å². The highest BCUT2D eigenvalue weighted by atomic mass is 14.7. The molecule has 1 saturated carbocycles. The van der Waals surface area contributed by atoms with E-state index >= 15 is 0 Å². The predicted molar refractivity (Wildman–Crippen MR) is 70.8 cm³/mol. The number of benzene rings is 1. The molecule has 1 aromatic carbocycles. The third-order valence-electron chi connectivity index (χ3n) is 4.35. The van der Waals surface area contributed by atoms with Gasteiger partial charge < -0.3 is 5.73 Å². The quantitative estimate of drug-likeness (QED) is 0.855. The summed E-state index contributed by atoms with van der Waals surface area (Å²) in [5, 5.41) is 2.56. The fraction of sp³-hybridized carbons (Fsp3) is 0.400. The van der Waals surface area contributed by atoms with Crippen molar-refractivity contribution in [3.63, 3.8) is 0 Å². The normalized spacial score (nSPS) is 26.1. The summed E-state index contributed by atoms with van der Waals surface area (Å²) in [6, 6.07) is 8.61. The van der Waals surface area contributed by atoms with Gasteiger partial charge in [0.1, 0.15) is 0 Å². The first kappa shape index (κ1) is 10.7. The Balaban J connectivity index is 2.14. The fourth-order valence-electron chi connectivity index (χ4n) is 3.22. The van der Waals surface area contributed by atoms with Gasteiger partial charge in [0.15, 0.2) is 0 Å². The summed E-state index contributed by atoms with van der Waals surface area (Å²) in [6.07, 6.45) is 3.81. The number of aromatic nitrogens is 1. The molecule has 0 unspecified atom stereocenters. The first-order valence-corrected chi connectivity index (χ1v) is 6.19. The van der Waals surface area contributed by atoms with Gasteiger partial charge in [-0.1, -0.05) is 32.0 Å². The second kappa shape index (κ2) is 3.54. The molecule has 2 atom stereocenters. The van der Waals surface area contributed by atoms with Crippen molar-refractivity contribution in [3.05, 3.63) is 42.2 Å². The molecule has 0 aliphatic heterocycles. The Bertz CT molecular complexity index is 554. The van der Waals surface area contributed by atoms with Crippen LogP contribution in [0.3, 0.4) is 0 Å². The average molecular weight is 226 g/mol. The summed E-state index contributed by atoms with van der Waals surface area (Å²) < 4.78 is 0. The molecule has 2 aromatic rings. The molecule has 0 spiro atoms. The van der Waals surface area contributed by atoms with Crippen molar-refractivity contribution in [1.82, 2.24) is 4.98 Å². The molecule has 0 amide bonds. The van der Waals surface area contributed by atoms with Gasteiger partial charge in [0.05, 0.1) is 0 Å². The maximum absolute atomic E-state index is 5.87. The second-order valence-corrected chi connectivity index (χ2v) is 5.59. The Kier molecular flexibility index (Phi) is 2.23. The van der Waals surface area contributed by atoms with Crippen molar-refractivity contribution in [2.45, 2.75) is 19.8 Å². The van der Waals surface area contributed by atoms with E-state index in [1.165, 1.54) is 16.3 Å². The second-order valence-electron chi connectivity index (χ2n) is 5.59. The largest absolute Gasteiger partial charge is 0.330 e. The first-order chi connectivity index (χ1) is 8.16. The first-order valence-electron chi connectivity index (χ1n) is 6.19. The van der Waals surface area contributed by atoms with E-state index in [0.717, 1.165) is 6.54 Å². The minimum Gasteiger partial charge on any atom is -0.330 e. The molecule has 2 nitrogen and oxygen atoms in total. The van der Waals surface area contributed by atoms with Gasteiger partial charge in [-0.15, -0.1) is 0 Å². The van der Waals surface area contributed by atoms with Crippen molar-refractivity contribution < 1.29 is 0 Å². The molecule has 0 radical (unpaired) electrons. The lowest BCUT2D eigenvalue weighted by molar-refractivity contribution is 0.559. The van der Waals surface area contributed by atoms with E-state index in [2.05, 4.69) is 43.1 Å². The van der Waals surface area contributed by atoms with Crippen molar-refractivity contribution in [3.8, 4) is 0 Å². The average Bonchev–Trinajstić information content (AvgIpc) is 2.90. The van der Waals surface area contributed by atoms with Crippen LogP contribution < -0.4 is 5.73 Å². The smallest absolute Gasteiger partial charge is 0.0346 e. The molecule has 17 heavy (non-hydrogen) atoms. The van der Waals surface area contributed by atoms with E-state index < -0.39 is 0 Å². The van der Waals surface area contributed by atoms with Crippen LogP contribution in [0.5, 0.6) is 0 Å². The lowest BCUT2D eigenvalue weighted by Gasteiger charge is -2.07. The van der Waals surface area contributed by atoms with E-state index in [4.69, 9.17) is 5.73 Å². The molecule has 2 heteroatoms. The molecule has 1 fully saturated rings. The molecule has 1 aliphatic carbocycles. The zero-order chi connectivity index (χ0) is 12.0. The van der Waals surface area contributed by atoms with Crippen LogP contribution >= 0.6 is 0 Å². The molecule has 0 bridgehead atoms. The number of fused-ring (bicyclic) bond motifs is 1. The minimum absolute atomic E-state index is 0.340. The predicted octanol–water partition coefficient (Wildman–Crippen LogP) is 2.93. The summed E-state index contributed by atoms with van der Waals surface area (Å²) in [5.74, 6) is 1.21. The molecule has 3 rings (SSSR count). The third kappa shape index (κ3) is 1.48. The van der Waals surface area contributed by atoms with Gasteiger partial charge in [0.25, 0.3) is 0 Å². The van der Waals surface area contributed by atoms with Crippen LogP contribution in [0, 0.1) is 11.3 Å². The molecular formula is C15H18N2. The number of pyridine rings is 1. The van der Waals surface area contributed by atoms with Crippen LogP contribution in [0.15, 0.2) is 36.7 Å². The summed E-state index contributed by atoms with van der Waals surface area (Å²) in [7, 11) is 0. The van der Waals surface area contributed by atoms with Gasteiger partial charge in [-0.25, -0.2) is 0 Å². The Morgan fingerprint density at radius 1 is 1.29 bits per heavy atom. The molecule has 1 heterocycles. The van der Waals surface area contributed by atoms with Crippen molar-refractivity contribution in [1.29, 1.82) is 0 Å². The van der Waals surface area contributed by atoms with Crippen LogP contribution in [0.25, 0.3) is 10.8 Å². The molecule has 0 saturated heterocycles. The maximum Gasteiger partial charge on any atom is 0.0346 e. The highest BCUT2D eigenvalue weighted by molar-refractivity contribution is 5.85. The van der Waals surface area contributed by atoms with Gasteiger partial charge in [-0.05, 0) is 40.8 Å². The van der Waals surface area contributed by atoms with Crippen LogP contribution in [0.1, 0.15) is 25.3 Å². The zero-order valence-corrected chi connectivity index (χ0v) is 10.4. The topological polar surface area (TPSA) is 38.9 Å². The van der Waals surface area contributed by atoms with E-state index in [9.17, 15) is 0 Å². The van der Waals surface area contributed by atoms with E-state index in [1.807, 2.05) is 12.4 Å². The lowest BCUT2D eigenvalue weighted by Crippen LogP contribution is -2.05. The zero-order valence-electron chi connectivity index (χ0n) is 10.4. The Morgan fingerprint density at radius 2 is 2.12 bits per heavy atom. The minimum atomic E-state index is 0.340. The fourth-order valence-corrected chi connectivity index (χ4v) is 3.22. The number of hydrogen-bond acceptors (Lipinski definition) is 2. The highest BCUT2D eigenvalue weighted by Crippen LogP contribution is 2.64. The molecular weight excluding hydrogens is 208 g/mol. The van der Waals surface area contributed by atoms with Crippen LogP contribution in [-0.4, -0.2) is 11.5 Å². The van der Waals surface area contributed by atoms with Gasteiger partial charge in [0.2, 0.25) is 0 Å². The summed E-state index contributed by atoms with van der Waals surface area (Å²) >= 11 is 0. The summed E-state index contributed by atoms with van der Waals surface area (Å²) in [4.78, 5) is 4.18. The summed E-state index contributed by atoms with van der Waals surface area (Å²) in [6.45, 7) is 5.41. The molecule has 88 valence electrons. The number of nitrogens with two attached hydrogens (primary N) is 1. The monoisotopic (exact) mass is 226 g/mol. The number of hydrogen-bond donors (Lipinski definition) is 1. The van der Waals surface area contributed by atoms with Crippen LogP contribution in [0.4, 0.5) is 0 Å². The van der Waals surface area contributed by atoms with Crippen LogP contribution in [0.2, 0.25) is 0 Å². The van der Waals surface area contributed by atoms with Gasteiger partial charge in [0, 0.05) is 17.8 Å². The number of rotatable bonds is 2. The van der Waals surface area contributed by atoms with Gasteiger partial charge >= 0.3 is 0 Å². The van der Waals surface area contributed by atoms with Crippen LogP contribution in [-0.2, 0) is 0 Å². The van der Waals surface area contributed by atoms with E-state index in [-0.39, 0.29) is 0 Å². The standard InChI is InChI=1S/C15H18N2/c1-15(2)13(8-16)14(15)12-5-3-4-10-9-17-7-6-11(10)12/h3-7,9,13-14H,8,16H2,1-2H3/t13-,14-/m0/s1. The summed E-state index contributed by atoms with van der Waals surface area (Å²) in [5.41, 5.74) is 7.64. The number of nitrogens with zero attached hydrogens (tertiary/aromatic N) is 1.